The molecule has 0 aliphatic rings. The van der Waals surface area contributed by atoms with Crippen molar-refractivity contribution in [2.24, 2.45) is 0 Å². The Morgan fingerprint density at radius 2 is 1.83 bits per heavy atom. The van der Waals surface area contributed by atoms with Crippen molar-refractivity contribution >= 4 is 11.9 Å². The third kappa shape index (κ3) is 3.58. The van der Waals surface area contributed by atoms with Gasteiger partial charge in [-0.15, -0.1) is 0 Å². The largest absolute Gasteiger partial charge is 0.478 e. The molecule has 18 heavy (non-hydrogen) atoms. The van der Waals surface area contributed by atoms with E-state index < -0.39 is 11.9 Å². The maximum Gasteiger partial charge on any atom is 0.339 e. The van der Waals surface area contributed by atoms with E-state index in [1.165, 1.54) is 12.1 Å². The van der Waals surface area contributed by atoms with Crippen LogP contribution in [0.4, 0.5) is 0 Å². The summed E-state index contributed by atoms with van der Waals surface area (Å²) >= 11 is 0. The number of esters is 1. The number of rotatable bonds is 6. The summed E-state index contributed by atoms with van der Waals surface area (Å²) in [6, 6.07) is 6.09. The summed E-state index contributed by atoms with van der Waals surface area (Å²) in [5.41, 5.74) is 0.0911. The SMILES string of the molecule is CCC[C@@H](CC)OC(=O)c1ccccc1C(=O)O. The molecule has 0 aromatic heterocycles. The zero-order valence-corrected chi connectivity index (χ0v) is 10.7. The molecule has 0 fully saturated rings. The van der Waals surface area contributed by atoms with Crippen LogP contribution < -0.4 is 0 Å². The highest BCUT2D eigenvalue weighted by molar-refractivity contribution is 6.02. The van der Waals surface area contributed by atoms with Crippen molar-refractivity contribution < 1.29 is 19.4 Å². The fourth-order valence-electron chi connectivity index (χ4n) is 1.73. The molecule has 98 valence electrons. The molecular weight excluding hydrogens is 232 g/mol. The zero-order valence-electron chi connectivity index (χ0n) is 10.7. The van der Waals surface area contributed by atoms with Crippen LogP contribution in [0, 0.1) is 0 Å². The molecule has 1 atom stereocenters. The summed E-state index contributed by atoms with van der Waals surface area (Å²) < 4.78 is 5.31. The average Bonchev–Trinajstić information content (AvgIpc) is 2.38. The maximum absolute atomic E-state index is 11.9. The topological polar surface area (TPSA) is 63.6 Å². The minimum absolute atomic E-state index is 0.0196. The molecule has 4 nitrogen and oxygen atoms in total. The van der Waals surface area contributed by atoms with Gasteiger partial charge in [0.2, 0.25) is 0 Å². The molecule has 0 radical (unpaired) electrons. The first-order valence-electron chi connectivity index (χ1n) is 6.13. The summed E-state index contributed by atoms with van der Waals surface area (Å²) in [5, 5.41) is 9.00. The van der Waals surface area contributed by atoms with Crippen LogP contribution in [-0.4, -0.2) is 23.1 Å². The Hall–Kier alpha value is -1.84. The van der Waals surface area contributed by atoms with Gasteiger partial charge >= 0.3 is 11.9 Å². The van der Waals surface area contributed by atoms with Crippen molar-refractivity contribution in [2.45, 2.75) is 39.2 Å². The van der Waals surface area contributed by atoms with Crippen LogP contribution in [0.2, 0.25) is 0 Å². The molecule has 0 bridgehead atoms. The lowest BCUT2D eigenvalue weighted by atomic mass is 10.1. The van der Waals surface area contributed by atoms with Crippen LogP contribution in [0.3, 0.4) is 0 Å². The van der Waals surface area contributed by atoms with Gasteiger partial charge in [-0.25, -0.2) is 9.59 Å². The van der Waals surface area contributed by atoms with Gasteiger partial charge in [-0.05, 0) is 25.0 Å². The molecule has 0 amide bonds. The summed E-state index contributed by atoms with van der Waals surface area (Å²) in [4.78, 5) is 22.9. The van der Waals surface area contributed by atoms with E-state index in [0.29, 0.717) is 0 Å². The van der Waals surface area contributed by atoms with Gasteiger partial charge < -0.3 is 9.84 Å². The summed E-state index contributed by atoms with van der Waals surface area (Å²) in [5.74, 6) is -1.68. The van der Waals surface area contributed by atoms with E-state index in [-0.39, 0.29) is 17.2 Å². The van der Waals surface area contributed by atoms with E-state index in [1.54, 1.807) is 12.1 Å². The molecule has 0 saturated heterocycles. The van der Waals surface area contributed by atoms with Crippen LogP contribution in [0.1, 0.15) is 53.8 Å². The quantitative estimate of drug-likeness (QED) is 0.788. The second-order valence-electron chi connectivity index (χ2n) is 4.07. The van der Waals surface area contributed by atoms with Crippen LogP contribution in [0.5, 0.6) is 0 Å². The molecule has 4 heteroatoms. The molecular formula is C14H18O4. The summed E-state index contributed by atoms with van der Waals surface area (Å²) in [7, 11) is 0. The van der Waals surface area contributed by atoms with E-state index >= 15 is 0 Å². The van der Waals surface area contributed by atoms with Gasteiger partial charge in [0, 0.05) is 0 Å². The number of hydrogen-bond donors (Lipinski definition) is 1. The Labute approximate surface area is 107 Å². The highest BCUT2D eigenvalue weighted by Gasteiger charge is 2.19. The number of carbonyl (C=O) groups excluding carboxylic acids is 1. The van der Waals surface area contributed by atoms with E-state index in [1.807, 2.05) is 13.8 Å². The Kier molecular flexibility index (Phi) is 5.36. The number of carbonyl (C=O) groups is 2. The highest BCUT2D eigenvalue weighted by atomic mass is 16.5. The third-order valence-electron chi connectivity index (χ3n) is 2.72. The molecule has 1 rings (SSSR count). The molecule has 0 unspecified atom stereocenters. The fourth-order valence-corrected chi connectivity index (χ4v) is 1.73. The van der Waals surface area contributed by atoms with Gasteiger partial charge in [-0.1, -0.05) is 32.4 Å². The Morgan fingerprint density at radius 1 is 1.22 bits per heavy atom. The van der Waals surface area contributed by atoms with Crippen LogP contribution in [0.25, 0.3) is 0 Å². The van der Waals surface area contributed by atoms with E-state index in [4.69, 9.17) is 9.84 Å². The maximum atomic E-state index is 11.9. The van der Waals surface area contributed by atoms with Gasteiger partial charge in [0.25, 0.3) is 0 Å². The fraction of sp³-hybridized carbons (Fsp3) is 0.429. The lowest BCUT2D eigenvalue weighted by molar-refractivity contribution is 0.0266. The van der Waals surface area contributed by atoms with E-state index in [0.717, 1.165) is 19.3 Å². The number of carboxylic acids is 1. The third-order valence-corrected chi connectivity index (χ3v) is 2.72. The Bertz CT molecular complexity index is 426. The van der Waals surface area contributed by atoms with Gasteiger partial charge in [0.1, 0.15) is 6.10 Å². The second kappa shape index (κ2) is 6.79. The summed E-state index contributed by atoms with van der Waals surface area (Å²) in [6.45, 7) is 3.96. The average molecular weight is 250 g/mol. The van der Waals surface area contributed by atoms with Crippen molar-refractivity contribution in [1.82, 2.24) is 0 Å². The first-order chi connectivity index (χ1) is 8.60. The second-order valence-corrected chi connectivity index (χ2v) is 4.07. The molecule has 0 spiro atoms. The van der Waals surface area contributed by atoms with Gasteiger partial charge in [-0.3, -0.25) is 0 Å². The predicted octanol–water partition coefficient (Wildman–Crippen LogP) is 3.12. The van der Waals surface area contributed by atoms with Gasteiger partial charge in [0.15, 0.2) is 0 Å². The lowest BCUT2D eigenvalue weighted by Crippen LogP contribution is -2.19. The molecule has 1 N–H and O–H groups in total. The Balaban J connectivity index is 2.87. The summed E-state index contributed by atoms with van der Waals surface area (Å²) in [6.07, 6.45) is 2.29. The zero-order chi connectivity index (χ0) is 13.5. The van der Waals surface area contributed by atoms with Crippen LogP contribution in [0.15, 0.2) is 24.3 Å². The van der Waals surface area contributed by atoms with Gasteiger partial charge in [0.05, 0.1) is 11.1 Å². The monoisotopic (exact) mass is 250 g/mol. The first-order valence-corrected chi connectivity index (χ1v) is 6.13. The normalized spacial score (nSPS) is 11.9. The lowest BCUT2D eigenvalue weighted by Gasteiger charge is -2.15. The molecule has 0 saturated carbocycles. The number of hydrogen-bond acceptors (Lipinski definition) is 3. The molecule has 0 aliphatic heterocycles. The number of aromatic carboxylic acids is 1. The van der Waals surface area contributed by atoms with Crippen molar-refractivity contribution in [3.8, 4) is 0 Å². The van der Waals surface area contributed by atoms with Crippen LogP contribution in [-0.2, 0) is 4.74 Å². The van der Waals surface area contributed by atoms with E-state index in [2.05, 4.69) is 0 Å². The number of carboxylic acid groups (broad SMARTS) is 1. The Morgan fingerprint density at radius 3 is 2.33 bits per heavy atom. The number of benzene rings is 1. The van der Waals surface area contributed by atoms with E-state index in [9.17, 15) is 9.59 Å². The molecule has 1 aromatic carbocycles. The molecule has 0 aliphatic carbocycles. The first kappa shape index (κ1) is 14.2. The van der Waals surface area contributed by atoms with Gasteiger partial charge in [-0.2, -0.15) is 0 Å². The van der Waals surface area contributed by atoms with Crippen molar-refractivity contribution in [3.05, 3.63) is 35.4 Å². The number of ether oxygens (including phenoxy) is 1. The highest BCUT2D eigenvalue weighted by Crippen LogP contribution is 2.14. The minimum Gasteiger partial charge on any atom is -0.478 e. The van der Waals surface area contributed by atoms with Crippen molar-refractivity contribution in [3.63, 3.8) is 0 Å². The van der Waals surface area contributed by atoms with Crippen LogP contribution >= 0.6 is 0 Å². The molecule has 1 aromatic rings. The standard InChI is InChI=1S/C14H18O4/c1-3-7-10(4-2)18-14(17)12-9-6-5-8-11(12)13(15)16/h5-6,8-10H,3-4,7H2,1-2H3,(H,15,16)/t10-/m1/s1. The smallest absolute Gasteiger partial charge is 0.339 e. The van der Waals surface area contributed by atoms with Crippen molar-refractivity contribution in [2.75, 3.05) is 0 Å². The van der Waals surface area contributed by atoms with Crippen molar-refractivity contribution in [1.29, 1.82) is 0 Å². The minimum atomic E-state index is -1.12. The predicted molar refractivity (Wildman–Crippen MR) is 67.8 cm³/mol. The molecule has 0 heterocycles.